The van der Waals surface area contributed by atoms with Crippen LogP contribution in [-0.4, -0.2) is 49.5 Å². The van der Waals surface area contributed by atoms with E-state index in [0.717, 1.165) is 29.9 Å². The Kier molecular flexibility index (Phi) is 6.59. The van der Waals surface area contributed by atoms with Crippen LogP contribution < -0.4 is 20.1 Å². The summed E-state index contributed by atoms with van der Waals surface area (Å²) in [5.74, 6) is 2.78. The molecule has 0 amide bonds. The quantitative estimate of drug-likeness (QED) is 0.681. The maximum absolute atomic E-state index is 10.8. The van der Waals surface area contributed by atoms with E-state index >= 15 is 0 Å². The van der Waals surface area contributed by atoms with E-state index in [2.05, 4.69) is 34.2 Å². The van der Waals surface area contributed by atoms with Gasteiger partial charge in [-0.1, -0.05) is 36.4 Å². The Bertz CT molecular complexity index is 959. The van der Waals surface area contributed by atoms with Crippen molar-refractivity contribution < 1.29 is 14.6 Å². The highest BCUT2D eigenvalue weighted by molar-refractivity contribution is 5.59. The molecule has 6 heteroatoms. The number of benzene rings is 1. The second-order valence-electron chi connectivity index (χ2n) is 8.25. The number of pyridine rings is 1. The van der Waals surface area contributed by atoms with Gasteiger partial charge in [-0.15, -0.1) is 0 Å². The van der Waals surface area contributed by atoms with Gasteiger partial charge in [0.15, 0.2) is 11.5 Å². The van der Waals surface area contributed by atoms with Crippen molar-refractivity contribution in [3.8, 4) is 11.5 Å². The van der Waals surface area contributed by atoms with Gasteiger partial charge in [0, 0.05) is 36.8 Å². The van der Waals surface area contributed by atoms with Crippen molar-refractivity contribution in [3.63, 3.8) is 0 Å². The first-order valence-corrected chi connectivity index (χ1v) is 10.8. The molecule has 0 radical (unpaired) electrons. The first-order valence-electron chi connectivity index (χ1n) is 10.8. The number of rotatable bonds is 8. The number of nitrogens with zero attached hydrogens (tertiary/aromatic N) is 2. The Morgan fingerprint density at radius 1 is 1.19 bits per heavy atom. The van der Waals surface area contributed by atoms with Crippen molar-refractivity contribution in [1.29, 1.82) is 0 Å². The Morgan fingerprint density at radius 3 is 2.77 bits per heavy atom. The molecule has 0 fully saturated rings. The van der Waals surface area contributed by atoms with Crippen molar-refractivity contribution in [2.45, 2.75) is 30.9 Å². The largest absolute Gasteiger partial charge is 0.493 e. The average molecular weight is 422 g/mol. The van der Waals surface area contributed by atoms with Gasteiger partial charge < -0.3 is 25.2 Å². The minimum Gasteiger partial charge on any atom is -0.493 e. The number of hydrogen-bond donors (Lipinski definition) is 2. The summed E-state index contributed by atoms with van der Waals surface area (Å²) in [6, 6.07) is 10.0. The van der Waals surface area contributed by atoms with Gasteiger partial charge in [0.25, 0.3) is 0 Å². The maximum atomic E-state index is 10.8. The molecule has 2 aromatic rings. The van der Waals surface area contributed by atoms with Crippen LogP contribution in [0.25, 0.3) is 0 Å². The fraction of sp³-hybridized carbons (Fsp3) is 0.400. The summed E-state index contributed by atoms with van der Waals surface area (Å²) >= 11 is 0. The molecule has 4 atom stereocenters. The van der Waals surface area contributed by atoms with Gasteiger partial charge in [-0.2, -0.15) is 0 Å². The molecule has 6 nitrogen and oxygen atoms in total. The molecule has 1 aliphatic carbocycles. The highest BCUT2D eigenvalue weighted by atomic mass is 16.5. The Morgan fingerprint density at radius 2 is 2.03 bits per heavy atom. The van der Waals surface area contributed by atoms with E-state index in [1.807, 2.05) is 30.4 Å². The predicted molar refractivity (Wildman–Crippen MR) is 123 cm³/mol. The number of anilines is 1. The molecule has 1 aromatic carbocycles. The van der Waals surface area contributed by atoms with Crippen LogP contribution in [0.4, 0.5) is 5.82 Å². The molecule has 31 heavy (non-hydrogen) atoms. The van der Waals surface area contributed by atoms with E-state index in [1.54, 1.807) is 20.4 Å². The summed E-state index contributed by atoms with van der Waals surface area (Å²) in [7, 11) is 3.29. The topological polar surface area (TPSA) is 80.8 Å². The van der Waals surface area contributed by atoms with Gasteiger partial charge in [-0.05, 0) is 42.5 Å². The second-order valence-corrected chi connectivity index (χ2v) is 8.25. The van der Waals surface area contributed by atoms with Crippen LogP contribution in [0.15, 0.2) is 60.8 Å². The van der Waals surface area contributed by atoms with Crippen LogP contribution in [0, 0.1) is 5.92 Å². The Labute approximate surface area is 184 Å². The zero-order valence-corrected chi connectivity index (χ0v) is 18.1. The summed E-state index contributed by atoms with van der Waals surface area (Å²) < 4.78 is 10.9. The number of hydrogen-bond acceptors (Lipinski definition) is 6. The molecular formula is C25H31N3O3. The fourth-order valence-corrected chi connectivity index (χ4v) is 4.60. The van der Waals surface area contributed by atoms with Crippen LogP contribution in [0.2, 0.25) is 0 Å². The van der Waals surface area contributed by atoms with E-state index in [9.17, 15) is 5.11 Å². The molecular weight excluding hydrogens is 390 g/mol. The molecule has 2 aliphatic rings. The van der Waals surface area contributed by atoms with E-state index in [0.29, 0.717) is 24.5 Å². The van der Waals surface area contributed by atoms with Gasteiger partial charge in [0.05, 0.1) is 20.3 Å². The van der Waals surface area contributed by atoms with Gasteiger partial charge in [-0.25, -0.2) is 4.98 Å². The smallest absolute Gasteiger partial charge is 0.161 e. The zero-order chi connectivity index (χ0) is 21.8. The molecule has 1 aromatic heterocycles. The maximum Gasteiger partial charge on any atom is 0.161 e. The van der Waals surface area contributed by atoms with Gasteiger partial charge in [0.2, 0.25) is 0 Å². The third kappa shape index (κ3) is 4.60. The van der Waals surface area contributed by atoms with Crippen LogP contribution in [0.5, 0.6) is 11.5 Å². The van der Waals surface area contributed by atoms with Crippen molar-refractivity contribution in [2.75, 3.05) is 32.2 Å². The lowest BCUT2D eigenvalue weighted by Gasteiger charge is -2.27. The number of aliphatic hydroxyl groups excluding tert-OH is 1. The lowest BCUT2D eigenvalue weighted by atomic mass is 9.90. The number of methoxy groups -OCH3 is 2. The summed E-state index contributed by atoms with van der Waals surface area (Å²) in [5.41, 5.74) is 8.69. The number of allylic oxidation sites excluding steroid dienone is 3. The number of fused-ring (bicyclic) bond motifs is 1. The summed E-state index contributed by atoms with van der Waals surface area (Å²) in [6.45, 7) is 1.26. The van der Waals surface area contributed by atoms with Crippen molar-refractivity contribution >= 4 is 5.82 Å². The number of β-amino-alcohol motifs (C(OH)–C–C–N with tert-alkyl or cyclic N) is 1. The minimum atomic E-state index is -0.520. The molecule has 0 bridgehead atoms. The molecule has 4 rings (SSSR count). The third-order valence-electron chi connectivity index (χ3n) is 6.24. The van der Waals surface area contributed by atoms with Crippen molar-refractivity contribution in [1.82, 2.24) is 4.98 Å². The lowest BCUT2D eigenvalue weighted by molar-refractivity contribution is 0.154. The zero-order valence-electron chi connectivity index (χ0n) is 18.1. The van der Waals surface area contributed by atoms with Gasteiger partial charge >= 0.3 is 0 Å². The van der Waals surface area contributed by atoms with Crippen LogP contribution >= 0.6 is 0 Å². The lowest BCUT2D eigenvalue weighted by Crippen LogP contribution is -2.39. The Balaban J connectivity index is 1.49. The van der Waals surface area contributed by atoms with Crippen molar-refractivity contribution in [3.05, 3.63) is 72.0 Å². The van der Waals surface area contributed by atoms with Crippen LogP contribution in [0.1, 0.15) is 29.9 Å². The first kappa shape index (κ1) is 21.4. The summed E-state index contributed by atoms with van der Waals surface area (Å²) in [4.78, 5) is 6.79. The molecule has 0 saturated carbocycles. The number of aliphatic hydroxyl groups is 1. The fourth-order valence-electron chi connectivity index (χ4n) is 4.60. The predicted octanol–water partition coefficient (Wildman–Crippen LogP) is 3.26. The molecule has 4 unspecified atom stereocenters. The molecule has 2 heterocycles. The summed E-state index contributed by atoms with van der Waals surface area (Å²) in [5, 5.41) is 10.8. The SMILES string of the molecule is COc1ccc(C2CN(CC(O)CC(N)C3C=CC=CC3)c3ncccc32)cc1OC. The Hall–Kier alpha value is -2.83. The van der Waals surface area contributed by atoms with Gasteiger partial charge in [0.1, 0.15) is 5.82 Å². The molecule has 0 spiro atoms. The second kappa shape index (κ2) is 9.54. The minimum absolute atomic E-state index is 0.0661. The molecule has 0 saturated heterocycles. The van der Waals surface area contributed by atoms with E-state index in [4.69, 9.17) is 15.2 Å². The molecule has 3 N–H and O–H groups in total. The standard InChI is InChI=1S/C25H31N3O3/c1-30-23-11-10-18(13-24(23)31-2)21-16-28(25-20(21)9-6-12-27-25)15-19(29)14-22(26)17-7-4-3-5-8-17/h3-7,9-13,17,19,21-22,29H,8,14-16,26H2,1-2H3. The number of ether oxygens (including phenoxy) is 2. The summed E-state index contributed by atoms with van der Waals surface area (Å²) in [6.07, 6.45) is 11.1. The third-order valence-corrected chi connectivity index (χ3v) is 6.24. The highest BCUT2D eigenvalue weighted by Gasteiger charge is 2.33. The molecule has 1 aliphatic heterocycles. The van der Waals surface area contributed by atoms with Crippen LogP contribution in [-0.2, 0) is 0 Å². The van der Waals surface area contributed by atoms with E-state index < -0.39 is 6.10 Å². The number of nitrogens with two attached hydrogens (primary N) is 1. The van der Waals surface area contributed by atoms with E-state index in [1.165, 1.54) is 0 Å². The van der Waals surface area contributed by atoms with Crippen molar-refractivity contribution in [2.24, 2.45) is 11.7 Å². The first-order chi connectivity index (χ1) is 15.1. The average Bonchev–Trinajstić information content (AvgIpc) is 3.17. The monoisotopic (exact) mass is 421 g/mol. The van der Waals surface area contributed by atoms with E-state index in [-0.39, 0.29) is 17.9 Å². The van der Waals surface area contributed by atoms with Gasteiger partial charge in [-0.3, -0.25) is 0 Å². The number of aromatic nitrogens is 1. The molecule has 164 valence electrons. The van der Waals surface area contributed by atoms with Crippen LogP contribution in [0.3, 0.4) is 0 Å². The highest BCUT2D eigenvalue weighted by Crippen LogP contribution is 2.41. The normalized spacial score (nSPS) is 21.6.